The van der Waals surface area contributed by atoms with Crippen molar-refractivity contribution < 1.29 is 18.8 Å². The van der Waals surface area contributed by atoms with Crippen LogP contribution in [0, 0.1) is 15.9 Å². The molecule has 2 N–H and O–H groups in total. The maximum absolute atomic E-state index is 13.0. The van der Waals surface area contributed by atoms with Crippen molar-refractivity contribution in [2.24, 2.45) is 5.73 Å². The third-order valence-corrected chi connectivity index (χ3v) is 2.08. The molecule has 1 amide bonds. The number of carbonyl (C=O) groups excluding carboxylic acids is 1. The molecule has 0 aromatic heterocycles. The molecule has 0 aliphatic heterocycles. The zero-order valence-electron chi connectivity index (χ0n) is 9.27. The van der Waals surface area contributed by atoms with Crippen molar-refractivity contribution in [3.05, 3.63) is 34.1 Å². The van der Waals surface area contributed by atoms with Gasteiger partial charge in [0, 0.05) is 12.1 Å². The van der Waals surface area contributed by atoms with Gasteiger partial charge in [0.15, 0.2) is 5.60 Å². The SMILES string of the molecule is CC(C)(Oc1cc(F)ccc1[N+](=O)[O-])C(N)=O. The zero-order chi connectivity index (χ0) is 13.2. The van der Waals surface area contributed by atoms with Gasteiger partial charge in [0.2, 0.25) is 5.75 Å². The highest BCUT2D eigenvalue weighted by Gasteiger charge is 2.30. The first-order valence-corrected chi connectivity index (χ1v) is 4.67. The highest BCUT2D eigenvalue weighted by atomic mass is 19.1. The summed E-state index contributed by atoms with van der Waals surface area (Å²) in [4.78, 5) is 21.0. The molecular formula is C10H11FN2O4. The number of amides is 1. The second kappa shape index (κ2) is 4.36. The average molecular weight is 242 g/mol. The van der Waals surface area contributed by atoms with E-state index in [9.17, 15) is 19.3 Å². The molecule has 0 atom stereocenters. The number of carbonyl (C=O) groups is 1. The van der Waals surface area contributed by atoms with Crippen LogP contribution in [0.3, 0.4) is 0 Å². The fourth-order valence-corrected chi connectivity index (χ4v) is 1.05. The quantitative estimate of drug-likeness (QED) is 0.637. The van der Waals surface area contributed by atoms with Gasteiger partial charge in [-0.25, -0.2) is 4.39 Å². The number of rotatable bonds is 4. The fraction of sp³-hybridized carbons (Fsp3) is 0.300. The summed E-state index contributed by atoms with van der Waals surface area (Å²) in [5, 5.41) is 10.7. The first-order chi connectivity index (χ1) is 7.74. The molecule has 1 aromatic rings. The molecule has 1 rings (SSSR count). The second-order valence-corrected chi connectivity index (χ2v) is 3.85. The van der Waals surface area contributed by atoms with Crippen LogP contribution in [0.15, 0.2) is 18.2 Å². The van der Waals surface area contributed by atoms with Gasteiger partial charge in [-0.15, -0.1) is 0 Å². The minimum atomic E-state index is -1.46. The van der Waals surface area contributed by atoms with Crippen molar-refractivity contribution in [2.45, 2.75) is 19.4 Å². The lowest BCUT2D eigenvalue weighted by Crippen LogP contribution is -2.43. The molecule has 0 saturated heterocycles. The Kier molecular flexibility index (Phi) is 3.31. The van der Waals surface area contributed by atoms with E-state index >= 15 is 0 Å². The lowest BCUT2D eigenvalue weighted by molar-refractivity contribution is -0.386. The number of benzene rings is 1. The summed E-state index contributed by atoms with van der Waals surface area (Å²) in [5.74, 6) is -1.85. The topological polar surface area (TPSA) is 95.5 Å². The van der Waals surface area contributed by atoms with Crippen molar-refractivity contribution in [1.29, 1.82) is 0 Å². The predicted octanol–water partition coefficient (Wildman–Crippen LogP) is 1.38. The lowest BCUT2D eigenvalue weighted by Gasteiger charge is -2.22. The van der Waals surface area contributed by atoms with Gasteiger partial charge >= 0.3 is 5.69 Å². The van der Waals surface area contributed by atoms with Crippen LogP contribution in [0.2, 0.25) is 0 Å². The molecule has 0 bridgehead atoms. The van der Waals surface area contributed by atoms with Crippen LogP contribution in [0.4, 0.5) is 10.1 Å². The number of ether oxygens (including phenoxy) is 1. The Morgan fingerprint density at radius 2 is 2.12 bits per heavy atom. The third kappa shape index (κ3) is 2.90. The van der Waals surface area contributed by atoms with Crippen LogP contribution in [0.5, 0.6) is 5.75 Å². The molecule has 0 aliphatic carbocycles. The Labute approximate surface area is 96.3 Å². The van der Waals surface area contributed by atoms with Gasteiger partial charge in [-0.05, 0) is 19.9 Å². The molecule has 0 fully saturated rings. The van der Waals surface area contributed by atoms with E-state index in [0.29, 0.717) is 0 Å². The Morgan fingerprint density at radius 3 is 2.59 bits per heavy atom. The zero-order valence-corrected chi connectivity index (χ0v) is 9.27. The molecule has 1 aromatic carbocycles. The number of halogens is 1. The highest BCUT2D eigenvalue weighted by Crippen LogP contribution is 2.30. The first-order valence-electron chi connectivity index (χ1n) is 4.67. The van der Waals surface area contributed by atoms with E-state index in [0.717, 1.165) is 18.2 Å². The Hall–Kier alpha value is -2.18. The smallest absolute Gasteiger partial charge is 0.311 e. The number of nitro benzene ring substituents is 1. The number of nitro groups is 1. The minimum Gasteiger partial charge on any atom is -0.471 e. The van der Waals surface area contributed by atoms with Crippen LogP contribution >= 0.6 is 0 Å². The van der Waals surface area contributed by atoms with Crippen LogP contribution in [-0.4, -0.2) is 16.4 Å². The Morgan fingerprint density at radius 1 is 1.53 bits per heavy atom. The van der Waals surface area contributed by atoms with Gasteiger partial charge < -0.3 is 10.5 Å². The molecule has 6 nitrogen and oxygen atoms in total. The van der Waals surface area contributed by atoms with E-state index in [2.05, 4.69) is 0 Å². The highest BCUT2D eigenvalue weighted by molar-refractivity contribution is 5.83. The maximum Gasteiger partial charge on any atom is 0.311 e. The summed E-state index contributed by atoms with van der Waals surface area (Å²) in [6, 6.07) is 2.73. The molecule has 0 saturated carbocycles. The van der Waals surface area contributed by atoms with Crippen LogP contribution in [0.1, 0.15) is 13.8 Å². The summed E-state index contributed by atoms with van der Waals surface area (Å²) < 4.78 is 18.0. The van der Waals surface area contributed by atoms with Gasteiger partial charge in [0.25, 0.3) is 5.91 Å². The second-order valence-electron chi connectivity index (χ2n) is 3.85. The molecule has 7 heteroatoms. The van der Waals surface area contributed by atoms with Crippen molar-refractivity contribution in [1.82, 2.24) is 0 Å². The van der Waals surface area contributed by atoms with E-state index in [1.54, 1.807) is 0 Å². The predicted molar refractivity (Wildman–Crippen MR) is 57.0 cm³/mol. The minimum absolute atomic E-state index is 0.334. The van der Waals surface area contributed by atoms with Crippen LogP contribution < -0.4 is 10.5 Å². The van der Waals surface area contributed by atoms with Crippen LogP contribution in [-0.2, 0) is 4.79 Å². The van der Waals surface area contributed by atoms with Crippen molar-refractivity contribution >= 4 is 11.6 Å². The molecule has 0 unspecified atom stereocenters. The van der Waals surface area contributed by atoms with Gasteiger partial charge in [-0.2, -0.15) is 0 Å². The number of primary amides is 1. The molecule has 0 heterocycles. The summed E-state index contributed by atoms with van der Waals surface area (Å²) in [6.45, 7) is 2.67. The van der Waals surface area contributed by atoms with E-state index in [1.165, 1.54) is 13.8 Å². The maximum atomic E-state index is 13.0. The summed E-state index contributed by atoms with van der Waals surface area (Å²) >= 11 is 0. The number of nitrogens with zero attached hydrogens (tertiary/aromatic N) is 1. The Bertz CT molecular complexity index is 473. The van der Waals surface area contributed by atoms with Gasteiger partial charge in [0.05, 0.1) is 4.92 Å². The first kappa shape index (κ1) is 12.9. The summed E-state index contributed by atoms with van der Waals surface area (Å²) in [7, 11) is 0. The fourth-order valence-electron chi connectivity index (χ4n) is 1.05. The molecule has 17 heavy (non-hydrogen) atoms. The Balaban J connectivity index is 3.17. The molecular weight excluding hydrogens is 231 g/mol. The van der Waals surface area contributed by atoms with E-state index in [1.807, 2.05) is 0 Å². The third-order valence-electron chi connectivity index (χ3n) is 2.08. The molecule has 0 spiro atoms. The summed E-state index contributed by atoms with van der Waals surface area (Å²) in [5.41, 5.74) is 3.17. The van der Waals surface area contributed by atoms with Crippen molar-refractivity contribution in [2.75, 3.05) is 0 Å². The summed E-state index contributed by atoms with van der Waals surface area (Å²) in [6.07, 6.45) is 0. The largest absolute Gasteiger partial charge is 0.471 e. The van der Waals surface area contributed by atoms with Gasteiger partial charge in [-0.1, -0.05) is 0 Å². The van der Waals surface area contributed by atoms with E-state index in [4.69, 9.17) is 10.5 Å². The standard InChI is InChI=1S/C10H11FN2O4/c1-10(2,9(12)14)17-8-5-6(11)3-4-7(8)13(15)16/h3-5H,1-2H3,(H2,12,14). The monoisotopic (exact) mass is 242 g/mol. The van der Waals surface area contributed by atoms with Gasteiger partial charge in [0.1, 0.15) is 5.82 Å². The van der Waals surface area contributed by atoms with Crippen molar-refractivity contribution in [3.63, 3.8) is 0 Å². The average Bonchev–Trinajstić information content (AvgIpc) is 2.15. The normalized spacial score (nSPS) is 11.0. The number of nitrogens with two attached hydrogens (primary N) is 1. The molecule has 92 valence electrons. The molecule has 0 radical (unpaired) electrons. The van der Waals surface area contributed by atoms with Crippen LogP contribution in [0.25, 0.3) is 0 Å². The number of hydrogen-bond acceptors (Lipinski definition) is 4. The van der Waals surface area contributed by atoms with E-state index in [-0.39, 0.29) is 5.75 Å². The number of hydrogen-bond donors (Lipinski definition) is 1. The van der Waals surface area contributed by atoms with Crippen molar-refractivity contribution in [3.8, 4) is 5.75 Å². The lowest BCUT2D eigenvalue weighted by atomic mass is 10.1. The van der Waals surface area contributed by atoms with Gasteiger partial charge in [-0.3, -0.25) is 14.9 Å². The van der Waals surface area contributed by atoms with E-state index < -0.39 is 27.9 Å². The molecule has 0 aliphatic rings.